The first-order valence-electron chi connectivity index (χ1n) is 4.82. The summed E-state index contributed by atoms with van der Waals surface area (Å²) < 4.78 is 26.0. The third-order valence-corrected chi connectivity index (χ3v) is 3.59. The largest absolute Gasteiger partial charge is 0.478 e. The maximum atomic E-state index is 12.0. The van der Waals surface area contributed by atoms with Crippen LogP contribution in [-0.4, -0.2) is 34.7 Å². The first kappa shape index (κ1) is 13.3. The van der Waals surface area contributed by atoms with Crippen molar-refractivity contribution < 1.29 is 18.3 Å². The predicted molar refractivity (Wildman–Crippen MR) is 65.6 cm³/mol. The van der Waals surface area contributed by atoms with Crippen LogP contribution in [0.3, 0.4) is 0 Å². The summed E-state index contributed by atoms with van der Waals surface area (Å²) >= 11 is 5.62. The molecule has 0 aliphatic heterocycles. The SMILES string of the molecule is O=C(O)c1cn[nH]c1S(=O)(=O)Nc1cccc(Cl)n1. The Morgan fingerprint density at radius 1 is 1.42 bits per heavy atom. The monoisotopic (exact) mass is 302 g/mol. The summed E-state index contributed by atoms with van der Waals surface area (Å²) in [6.07, 6.45) is 0.905. The number of halogens is 1. The summed E-state index contributed by atoms with van der Waals surface area (Å²) in [5.74, 6) is -1.44. The van der Waals surface area contributed by atoms with Gasteiger partial charge in [-0.05, 0) is 12.1 Å². The van der Waals surface area contributed by atoms with E-state index in [2.05, 4.69) is 19.9 Å². The molecule has 0 radical (unpaired) electrons. The molecule has 0 unspecified atom stereocenters. The lowest BCUT2D eigenvalue weighted by Gasteiger charge is -2.06. The van der Waals surface area contributed by atoms with Gasteiger partial charge in [0, 0.05) is 0 Å². The number of sulfonamides is 1. The average Bonchev–Trinajstić information content (AvgIpc) is 2.77. The van der Waals surface area contributed by atoms with Crippen molar-refractivity contribution in [2.75, 3.05) is 4.72 Å². The lowest BCUT2D eigenvalue weighted by atomic mass is 10.4. The Hall–Kier alpha value is -2.13. The third-order valence-electron chi connectivity index (χ3n) is 2.06. The second-order valence-electron chi connectivity index (χ2n) is 3.37. The summed E-state index contributed by atoms with van der Waals surface area (Å²) in [4.78, 5) is 14.6. The fraction of sp³-hybridized carbons (Fsp3) is 0. The van der Waals surface area contributed by atoms with Crippen molar-refractivity contribution in [3.63, 3.8) is 0 Å². The highest BCUT2D eigenvalue weighted by atomic mass is 35.5. The van der Waals surface area contributed by atoms with Crippen LogP contribution in [0.5, 0.6) is 0 Å². The smallest absolute Gasteiger partial charge is 0.340 e. The molecule has 0 saturated carbocycles. The Morgan fingerprint density at radius 2 is 2.16 bits per heavy atom. The van der Waals surface area contributed by atoms with E-state index in [1.807, 2.05) is 0 Å². The number of carboxylic acids is 1. The van der Waals surface area contributed by atoms with E-state index in [0.717, 1.165) is 6.20 Å². The first-order chi connectivity index (χ1) is 8.90. The molecule has 2 rings (SSSR count). The first-order valence-corrected chi connectivity index (χ1v) is 6.68. The number of hydrogen-bond donors (Lipinski definition) is 3. The zero-order valence-corrected chi connectivity index (χ0v) is 10.7. The van der Waals surface area contributed by atoms with Crippen LogP contribution >= 0.6 is 11.6 Å². The fourth-order valence-electron chi connectivity index (χ4n) is 1.29. The molecule has 0 amide bonds. The summed E-state index contributed by atoms with van der Waals surface area (Å²) in [6.45, 7) is 0. The second-order valence-corrected chi connectivity index (χ2v) is 5.38. The van der Waals surface area contributed by atoms with Crippen molar-refractivity contribution in [3.8, 4) is 0 Å². The Kier molecular flexibility index (Phi) is 3.40. The van der Waals surface area contributed by atoms with Crippen LogP contribution in [0.15, 0.2) is 29.4 Å². The molecular formula is C9H7ClN4O4S. The Balaban J connectivity index is 2.38. The Bertz CT molecular complexity index is 727. The number of aromatic amines is 1. The van der Waals surface area contributed by atoms with Crippen molar-refractivity contribution in [1.82, 2.24) is 15.2 Å². The molecule has 3 N–H and O–H groups in total. The molecule has 2 aromatic rings. The number of pyridine rings is 1. The molecule has 10 heteroatoms. The normalized spacial score (nSPS) is 11.2. The molecule has 0 aliphatic carbocycles. The molecule has 0 saturated heterocycles. The van der Waals surface area contributed by atoms with E-state index in [9.17, 15) is 13.2 Å². The van der Waals surface area contributed by atoms with Gasteiger partial charge in [0.1, 0.15) is 16.5 Å². The highest BCUT2D eigenvalue weighted by Gasteiger charge is 2.25. The number of carboxylic acid groups (broad SMARTS) is 1. The van der Waals surface area contributed by atoms with Gasteiger partial charge >= 0.3 is 5.97 Å². The van der Waals surface area contributed by atoms with E-state index in [-0.39, 0.29) is 11.0 Å². The lowest BCUT2D eigenvalue weighted by molar-refractivity contribution is 0.0692. The zero-order chi connectivity index (χ0) is 14.0. The number of hydrogen-bond acceptors (Lipinski definition) is 5. The zero-order valence-electron chi connectivity index (χ0n) is 9.16. The minimum absolute atomic E-state index is 0.0292. The van der Waals surface area contributed by atoms with Gasteiger partial charge in [0.2, 0.25) is 0 Å². The number of nitrogens with one attached hydrogen (secondary N) is 2. The van der Waals surface area contributed by atoms with Crippen molar-refractivity contribution in [3.05, 3.63) is 35.1 Å². The molecule has 0 aromatic carbocycles. The number of H-pyrrole nitrogens is 1. The highest BCUT2D eigenvalue weighted by molar-refractivity contribution is 7.92. The van der Waals surface area contributed by atoms with Crippen LogP contribution in [-0.2, 0) is 10.0 Å². The fourth-order valence-corrected chi connectivity index (χ4v) is 2.54. The maximum Gasteiger partial charge on any atom is 0.340 e. The van der Waals surface area contributed by atoms with E-state index in [4.69, 9.17) is 16.7 Å². The molecule has 2 heterocycles. The molecule has 0 fully saturated rings. The van der Waals surface area contributed by atoms with Gasteiger partial charge in [-0.15, -0.1) is 0 Å². The minimum Gasteiger partial charge on any atom is -0.478 e. The van der Waals surface area contributed by atoms with Gasteiger partial charge in [0.05, 0.1) is 6.20 Å². The average molecular weight is 303 g/mol. The van der Waals surface area contributed by atoms with Crippen LogP contribution in [0, 0.1) is 0 Å². The number of carbonyl (C=O) groups is 1. The quantitative estimate of drug-likeness (QED) is 0.722. The van der Waals surface area contributed by atoms with E-state index in [1.165, 1.54) is 18.2 Å². The summed E-state index contributed by atoms with van der Waals surface area (Å²) in [5, 5.41) is 13.9. The van der Waals surface area contributed by atoms with Crippen LogP contribution in [0.4, 0.5) is 5.82 Å². The van der Waals surface area contributed by atoms with E-state index in [1.54, 1.807) is 0 Å². The van der Waals surface area contributed by atoms with Crippen LogP contribution in [0.1, 0.15) is 10.4 Å². The van der Waals surface area contributed by atoms with Crippen LogP contribution in [0.2, 0.25) is 5.15 Å². The second kappa shape index (κ2) is 4.86. The maximum absolute atomic E-state index is 12.0. The molecule has 100 valence electrons. The summed E-state index contributed by atoms with van der Waals surface area (Å²) in [7, 11) is -4.13. The molecule has 0 atom stereocenters. The van der Waals surface area contributed by atoms with E-state index >= 15 is 0 Å². The number of aromatic nitrogens is 3. The van der Waals surface area contributed by atoms with Gasteiger partial charge in [-0.3, -0.25) is 9.82 Å². The molecular weight excluding hydrogens is 296 g/mol. The molecule has 2 aromatic heterocycles. The summed E-state index contributed by atoms with van der Waals surface area (Å²) in [5.41, 5.74) is -0.463. The molecule has 0 spiro atoms. The molecule has 19 heavy (non-hydrogen) atoms. The summed E-state index contributed by atoms with van der Waals surface area (Å²) in [6, 6.07) is 4.34. The predicted octanol–water partition coefficient (Wildman–Crippen LogP) is 0.957. The highest BCUT2D eigenvalue weighted by Crippen LogP contribution is 2.17. The number of nitrogens with zero attached hydrogens (tertiary/aromatic N) is 2. The lowest BCUT2D eigenvalue weighted by Crippen LogP contribution is -2.17. The third kappa shape index (κ3) is 2.83. The molecule has 0 bridgehead atoms. The molecule has 0 aliphatic rings. The van der Waals surface area contributed by atoms with Gasteiger partial charge in [-0.1, -0.05) is 17.7 Å². The Morgan fingerprint density at radius 3 is 2.79 bits per heavy atom. The standard InChI is InChI=1S/C9H7ClN4O4S/c10-6-2-1-3-7(12-6)14-19(17,18)8-5(9(15)16)4-11-13-8/h1-4H,(H,11,13)(H,12,14)(H,15,16). The van der Waals surface area contributed by atoms with Crippen LogP contribution in [0.25, 0.3) is 0 Å². The Labute approximate surface area is 112 Å². The number of aromatic carboxylic acids is 1. The van der Waals surface area contributed by atoms with Gasteiger partial charge in [0.25, 0.3) is 10.0 Å². The van der Waals surface area contributed by atoms with Gasteiger partial charge in [-0.2, -0.15) is 13.5 Å². The van der Waals surface area contributed by atoms with Gasteiger partial charge < -0.3 is 5.11 Å². The van der Waals surface area contributed by atoms with Crippen molar-refractivity contribution >= 4 is 33.4 Å². The molecule has 8 nitrogen and oxygen atoms in total. The van der Waals surface area contributed by atoms with E-state index < -0.39 is 26.6 Å². The van der Waals surface area contributed by atoms with Gasteiger partial charge in [0.15, 0.2) is 5.03 Å². The number of anilines is 1. The topological polar surface area (TPSA) is 125 Å². The van der Waals surface area contributed by atoms with E-state index in [0.29, 0.717) is 0 Å². The minimum atomic E-state index is -4.13. The number of rotatable bonds is 4. The van der Waals surface area contributed by atoms with Gasteiger partial charge in [-0.25, -0.2) is 9.78 Å². The van der Waals surface area contributed by atoms with Crippen LogP contribution < -0.4 is 4.72 Å². The van der Waals surface area contributed by atoms with Crippen molar-refractivity contribution in [2.45, 2.75) is 5.03 Å². The van der Waals surface area contributed by atoms with Crippen molar-refractivity contribution in [2.24, 2.45) is 0 Å². The van der Waals surface area contributed by atoms with Crippen molar-refractivity contribution in [1.29, 1.82) is 0 Å².